The molecule has 1 heterocycles. The van der Waals surface area contributed by atoms with Crippen molar-refractivity contribution in [2.24, 2.45) is 0 Å². The van der Waals surface area contributed by atoms with Gasteiger partial charge in [0.1, 0.15) is 12.2 Å². The molecule has 18 heavy (non-hydrogen) atoms. The van der Waals surface area contributed by atoms with Gasteiger partial charge in [0, 0.05) is 19.8 Å². The van der Waals surface area contributed by atoms with Gasteiger partial charge >= 0.3 is 5.97 Å². The maximum Gasteiger partial charge on any atom is 0.352 e. The average Bonchev–Trinajstić information content (AvgIpc) is 2.73. The second-order valence-electron chi connectivity index (χ2n) is 4.28. The zero-order valence-corrected chi connectivity index (χ0v) is 10.5. The molecule has 0 radical (unpaired) electrons. The Morgan fingerprint density at radius 1 is 1.50 bits per heavy atom. The number of likely N-dealkylation sites (N-methyl/N-ethyl adjacent to an activating group) is 1. The van der Waals surface area contributed by atoms with Crippen molar-refractivity contribution < 1.29 is 19.8 Å². The van der Waals surface area contributed by atoms with Crippen molar-refractivity contribution in [1.82, 2.24) is 9.47 Å². The monoisotopic (exact) mass is 254 g/mol. The molecule has 0 saturated heterocycles. The first-order valence-corrected chi connectivity index (χ1v) is 5.72. The van der Waals surface area contributed by atoms with E-state index in [1.807, 2.05) is 0 Å². The summed E-state index contributed by atoms with van der Waals surface area (Å²) in [5, 5.41) is 18.0. The molecule has 1 aromatic heterocycles. The number of carbonyl (C=O) groups is 2. The second-order valence-corrected chi connectivity index (χ2v) is 4.28. The normalized spacial score (nSPS) is 12.2. The lowest BCUT2D eigenvalue weighted by Gasteiger charge is -2.18. The molecule has 0 aromatic carbocycles. The molecule has 0 aliphatic rings. The Labute approximate surface area is 105 Å². The molecular weight excluding hydrogens is 236 g/mol. The summed E-state index contributed by atoms with van der Waals surface area (Å²) in [6.45, 7) is 2.10. The quantitative estimate of drug-likeness (QED) is 0.770. The first kappa shape index (κ1) is 14.2. The van der Waals surface area contributed by atoms with Crippen LogP contribution in [0.5, 0.6) is 0 Å². The fourth-order valence-corrected chi connectivity index (χ4v) is 1.52. The Bertz CT molecular complexity index is 425. The van der Waals surface area contributed by atoms with Gasteiger partial charge in [-0.2, -0.15) is 0 Å². The predicted octanol–water partition coefficient (Wildman–Crippen LogP) is 0.416. The number of aliphatic hydroxyl groups is 1. The van der Waals surface area contributed by atoms with Crippen LogP contribution in [0.15, 0.2) is 18.3 Å². The van der Waals surface area contributed by atoms with Crippen molar-refractivity contribution in [3.05, 3.63) is 24.0 Å². The predicted molar refractivity (Wildman–Crippen MR) is 65.3 cm³/mol. The molecular formula is C12H18N2O4. The maximum atomic E-state index is 11.8. The molecule has 0 saturated carbocycles. The van der Waals surface area contributed by atoms with E-state index in [9.17, 15) is 9.59 Å². The highest BCUT2D eigenvalue weighted by Crippen LogP contribution is 2.04. The van der Waals surface area contributed by atoms with Crippen LogP contribution < -0.4 is 0 Å². The van der Waals surface area contributed by atoms with Crippen LogP contribution in [0.1, 0.15) is 23.8 Å². The number of carbonyl (C=O) groups excluding carboxylic acids is 1. The highest BCUT2D eigenvalue weighted by atomic mass is 16.4. The summed E-state index contributed by atoms with van der Waals surface area (Å²) in [4.78, 5) is 24.2. The lowest BCUT2D eigenvalue weighted by molar-refractivity contribution is -0.130. The minimum absolute atomic E-state index is 0.00899. The molecule has 0 aliphatic heterocycles. The molecule has 0 aliphatic carbocycles. The summed E-state index contributed by atoms with van der Waals surface area (Å²) < 4.78 is 1.39. The van der Waals surface area contributed by atoms with E-state index in [2.05, 4.69) is 0 Å². The molecule has 6 heteroatoms. The molecule has 100 valence electrons. The molecule has 0 bridgehead atoms. The van der Waals surface area contributed by atoms with E-state index < -0.39 is 12.1 Å². The first-order valence-electron chi connectivity index (χ1n) is 5.72. The van der Waals surface area contributed by atoms with Gasteiger partial charge in [-0.3, -0.25) is 4.79 Å². The minimum atomic E-state index is -1.06. The van der Waals surface area contributed by atoms with Crippen molar-refractivity contribution in [2.75, 3.05) is 13.6 Å². The SMILES string of the molecule is CC(O)CCN(C)C(=O)Cn1cccc1C(=O)O. The summed E-state index contributed by atoms with van der Waals surface area (Å²) in [6, 6.07) is 3.04. The summed E-state index contributed by atoms with van der Waals surface area (Å²) in [6.07, 6.45) is 1.60. The number of aromatic nitrogens is 1. The summed E-state index contributed by atoms with van der Waals surface area (Å²) in [5.41, 5.74) is 0.0901. The molecule has 0 spiro atoms. The van der Waals surface area contributed by atoms with Crippen LogP contribution in [-0.2, 0) is 11.3 Å². The largest absolute Gasteiger partial charge is 0.477 e. The third-order valence-corrected chi connectivity index (χ3v) is 2.66. The first-order chi connectivity index (χ1) is 8.41. The highest BCUT2D eigenvalue weighted by Gasteiger charge is 2.14. The van der Waals surface area contributed by atoms with E-state index in [0.29, 0.717) is 13.0 Å². The number of rotatable bonds is 6. The number of nitrogens with zero attached hydrogens (tertiary/aromatic N) is 2. The Kier molecular flexibility index (Phi) is 4.91. The second kappa shape index (κ2) is 6.20. The zero-order valence-electron chi connectivity index (χ0n) is 10.5. The summed E-state index contributed by atoms with van der Waals surface area (Å²) in [5.74, 6) is -1.24. The van der Waals surface area contributed by atoms with E-state index in [0.717, 1.165) is 0 Å². The summed E-state index contributed by atoms with van der Waals surface area (Å²) in [7, 11) is 1.63. The molecule has 1 rings (SSSR count). The van der Waals surface area contributed by atoms with E-state index in [1.54, 1.807) is 26.2 Å². The van der Waals surface area contributed by atoms with Gasteiger partial charge in [0.2, 0.25) is 5.91 Å². The third-order valence-electron chi connectivity index (χ3n) is 2.66. The van der Waals surface area contributed by atoms with Gasteiger partial charge in [0.05, 0.1) is 6.10 Å². The highest BCUT2D eigenvalue weighted by molar-refractivity contribution is 5.86. The number of carboxylic acid groups (broad SMARTS) is 1. The van der Waals surface area contributed by atoms with Crippen LogP contribution in [0.25, 0.3) is 0 Å². The van der Waals surface area contributed by atoms with Crippen molar-refractivity contribution in [3.63, 3.8) is 0 Å². The topological polar surface area (TPSA) is 82.8 Å². The van der Waals surface area contributed by atoms with E-state index >= 15 is 0 Å². The Hall–Kier alpha value is -1.82. The van der Waals surface area contributed by atoms with Gasteiger partial charge in [-0.05, 0) is 25.5 Å². The maximum absolute atomic E-state index is 11.8. The van der Waals surface area contributed by atoms with Gasteiger partial charge in [-0.15, -0.1) is 0 Å². The molecule has 1 amide bonds. The Balaban J connectivity index is 2.58. The van der Waals surface area contributed by atoms with Crippen LogP contribution in [0.3, 0.4) is 0 Å². The van der Waals surface area contributed by atoms with Crippen LogP contribution in [0.2, 0.25) is 0 Å². The van der Waals surface area contributed by atoms with Gasteiger partial charge < -0.3 is 19.7 Å². The number of carboxylic acids is 1. The Morgan fingerprint density at radius 3 is 2.72 bits per heavy atom. The lowest BCUT2D eigenvalue weighted by atomic mass is 10.3. The van der Waals surface area contributed by atoms with Crippen molar-refractivity contribution >= 4 is 11.9 Å². The number of hydrogen-bond donors (Lipinski definition) is 2. The fraction of sp³-hybridized carbons (Fsp3) is 0.500. The van der Waals surface area contributed by atoms with Crippen LogP contribution in [-0.4, -0.2) is 51.3 Å². The van der Waals surface area contributed by atoms with Crippen LogP contribution in [0, 0.1) is 0 Å². The van der Waals surface area contributed by atoms with Gasteiger partial charge in [-0.1, -0.05) is 0 Å². The zero-order chi connectivity index (χ0) is 13.7. The molecule has 0 fully saturated rings. The number of aromatic carboxylic acids is 1. The molecule has 1 atom stereocenters. The Morgan fingerprint density at radius 2 is 2.17 bits per heavy atom. The van der Waals surface area contributed by atoms with Gasteiger partial charge in [0.15, 0.2) is 0 Å². The smallest absolute Gasteiger partial charge is 0.352 e. The number of hydrogen-bond acceptors (Lipinski definition) is 3. The third kappa shape index (κ3) is 3.89. The van der Waals surface area contributed by atoms with Gasteiger partial charge in [0.25, 0.3) is 0 Å². The fourth-order valence-electron chi connectivity index (χ4n) is 1.52. The standard InChI is InChI=1S/C12H18N2O4/c1-9(15)5-7-13(2)11(16)8-14-6-3-4-10(14)12(17)18/h3-4,6,9,15H,5,7-8H2,1-2H3,(H,17,18). The van der Waals surface area contributed by atoms with Crippen LogP contribution >= 0.6 is 0 Å². The van der Waals surface area contributed by atoms with Crippen molar-refractivity contribution in [1.29, 1.82) is 0 Å². The number of amides is 1. The van der Waals surface area contributed by atoms with E-state index in [-0.39, 0.29) is 18.1 Å². The number of aliphatic hydroxyl groups excluding tert-OH is 1. The molecule has 1 aromatic rings. The molecule has 1 unspecified atom stereocenters. The minimum Gasteiger partial charge on any atom is -0.477 e. The lowest BCUT2D eigenvalue weighted by Crippen LogP contribution is -2.32. The average molecular weight is 254 g/mol. The molecule has 6 nitrogen and oxygen atoms in total. The van der Waals surface area contributed by atoms with Gasteiger partial charge in [-0.25, -0.2) is 4.79 Å². The molecule has 2 N–H and O–H groups in total. The van der Waals surface area contributed by atoms with Crippen LogP contribution in [0.4, 0.5) is 0 Å². The van der Waals surface area contributed by atoms with Crippen molar-refractivity contribution in [3.8, 4) is 0 Å². The summed E-state index contributed by atoms with van der Waals surface area (Å²) >= 11 is 0. The van der Waals surface area contributed by atoms with Crippen molar-refractivity contribution in [2.45, 2.75) is 26.0 Å². The van der Waals surface area contributed by atoms with E-state index in [4.69, 9.17) is 10.2 Å². The van der Waals surface area contributed by atoms with E-state index in [1.165, 1.54) is 15.5 Å².